The maximum Gasteiger partial charge on any atom is 0.238 e. The second-order valence-corrected chi connectivity index (χ2v) is 4.96. The number of anilines is 1. The standard InChI is InChI=1S/C13H17ClN2O/c1-9(14)13(17)16-8-10-4-2-6-12-11(10)5-3-7-15-12/h2,4,6,9,15H,3,5,7-8H2,1H3,(H,16,17). The van der Waals surface area contributed by atoms with Crippen molar-refractivity contribution in [1.29, 1.82) is 0 Å². The third-order valence-electron chi connectivity index (χ3n) is 3.01. The SMILES string of the molecule is CC(Cl)C(=O)NCc1cccc2c1CCCN2. The molecule has 2 rings (SSSR count). The first-order valence-electron chi connectivity index (χ1n) is 5.95. The average molecular weight is 253 g/mol. The molecule has 1 amide bonds. The molecular weight excluding hydrogens is 236 g/mol. The molecule has 2 N–H and O–H groups in total. The van der Waals surface area contributed by atoms with E-state index in [0.717, 1.165) is 19.4 Å². The van der Waals surface area contributed by atoms with Gasteiger partial charge in [0.05, 0.1) is 0 Å². The van der Waals surface area contributed by atoms with Crippen molar-refractivity contribution in [1.82, 2.24) is 5.32 Å². The lowest BCUT2D eigenvalue weighted by Crippen LogP contribution is -2.29. The molecule has 0 saturated carbocycles. The van der Waals surface area contributed by atoms with Crippen LogP contribution < -0.4 is 10.6 Å². The minimum absolute atomic E-state index is 0.118. The van der Waals surface area contributed by atoms with Crippen molar-refractivity contribution in [2.45, 2.75) is 31.7 Å². The zero-order chi connectivity index (χ0) is 12.3. The van der Waals surface area contributed by atoms with Gasteiger partial charge in [-0.15, -0.1) is 11.6 Å². The van der Waals surface area contributed by atoms with Gasteiger partial charge in [0.1, 0.15) is 5.38 Å². The van der Waals surface area contributed by atoms with Gasteiger partial charge < -0.3 is 10.6 Å². The van der Waals surface area contributed by atoms with E-state index in [1.54, 1.807) is 6.92 Å². The second kappa shape index (κ2) is 5.41. The van der Waals surface area contributed by atoms with Crippen LogP contribution in [0.1, 0.15) is 24.5 Å². The van der Waals surface area contributed by atoms with Crippen molar-refractivity contribution in [2.24, 2.45) is 0 Å². The minimum Gasteiger partial charge on any atom is -0.385 e. The molecule has 1 heterocycles. The van der Waals surface area contributed by atoms with Gasteiger partial charge in [-0.1, -0.05) is 12.1 Å². The highest BCUT2D eigenvalue weighted by atomic mass is 35.5. The van der Waals surface area contributed by atoms with Gasteiger partial charge in [-0.3, -0.25) is 4.79 Å². The lowest BCUT2D eigenvalue weighted by atomic mass is 9.97. The number of fused-ring (bicyclic) bond motifs is 1. The van der Waals surface area contributed by atoms with E-state index in [0.29, 0.717) is 6.54 Å². The lowest BCUT2D eigenvalue weighted by Gasteiger charge is -2.21. The summed E-state index contributed by atoms with van der Waals surface area (Å²) in [6.45, 7) is 3.27. The molecule has 4 heteroatoms. The van der Waals surface area contributed by atoms with E-state index in [9.17, 15) is 4.79 Å². The van der Waals surface area contributed by atoms with Crippen LogP contribution in [0.15, 0.2) is 18.2 Å². The van der Waals surface area contributed by atoms with Gasteiger partial charge in [-0.25, -0.2) is 0 Å². The molecule has 17 heavy (non-hydrogen) atoms. The van der Waals surface area contributed by atoms with E-state index in [2.05, 4.69) is 22.8 Å². The molecule has 1 aliphatic rings. The van der Waals surface area contributed by atoms with E-state index in [1.807, 2.05) is 6.07 Å². The number of amides is 1. The van der Waals surface area contributed by atoms with Gasteiger partial charge >= 0.3 is 0 Å². The van der Waals surface area contributed by atoms with Crippen LogP contribution in [0, 0.1) is 0 Å². The summed E-state index contributed by atoms with van der Waals surface area (Å²) in [4.78, 5) is 11.4. The molecule has 92 valence electrons. The topological polar surface area (TPSA) is 41.1 Å². The van der Waals surface area contributed by atoms with Crippen LogP contribution in [-0.4, -0.2) is 17.8 Å². The second-order valence-electron chi connectivity index (χ2n) is 4.31. The fraction of sp³-hybridized carbons (Fsp3) is 0.462. The van der Waals surface area contributed by atoms with Crippen LogP contribution in [0.25, 0.3) is 0 Å². The Hall–Kier alpha value is -1.22. The van der Waals surface area contributed by atoms with Gasteiger partial charge in [-0.05, 0) is 37.0 Å². The van der Waals surface area contributed by atoms with Crippen LogP contribution in [-0.2, 0) is 17.8 Å². The number of hydrogen-bond acceptors (Lipinski definition) is 2. The highest BCUT2D eigenvalue weighted by molar-refractivity contribution is 6.30. The summed E-state index contributed by atoms with van der Waals surface area (Å²) < 4.78 is 0. The number of hydrogen-bond donors (Lipinski definition) is 2. The van der Waals surface area contributed by atoms with Crippen molar-refractivity contribution in [3.05, 3.63) is 29.3 Å². The quantitative estimate of drug-likeness (QED) is 0.811. The predicted octanol–water partition coefficient (Wildman–Crippen LogP) is 2.29. The van der Waals surface area contributed by atoms with Gasteiger partial charge in [0.15, 0.2) is 0 Å². The van der Waals surface area contributed by atoms with Crippen LogP contribution in [0.5, 0.6) is 0 Å². The van der Waals surface area contributed by atoms with Gasteiger partial charge in [0.2, 0.25) is 5.91 Å². The largest absolute Gasteiger partial charge is 0.385 e. The monoisotopic (exact) mass is 252 g/mol. The van der Waals surface area contributed by atoms with E-state index < -0.39 is 5.38 Å². The summed E-state index contributed by atoms with van der Waals surface area (Å²) in [6, 6.07) is 6.16. The van der Waals surface area contributed by atoms with Crippen molar-refractivity contribution in [3.63, 3.8) is 0 Å². The maximum atomic E-state index is 11.4. The number of alkyl halides is 1. The first-order valence-corrected chi connectivity index (χ1v) is 6.38. The highest BCUT2D eigenvalue weighted by Crippen LogP contribution is 2.25. The zero-order valence-corrected chi connectivity index (χ0v) is 10.7. The predicted molar refractivity (Wildman–Crippen MR) is 70.4 cm³/mol. The Morgan fingerprint density at radius 1 is 1.59 bits per heavy atom. The molecule has 1 aromatic carbocycles. The van der Waals surface area contributed by atoms with Gasteiger partial charge in [-0.2, -0.15) is 0 Å². The molecule has 1 aliphatic heterocycles. The molecule has 0 spiro atoms. The maximum absolute atomic E-state index is 11.4. The van der Waals surface area contributed by atoms with Crippen molar-refractivity contribution < 1.29 is 4.79 Å². The Balaban J connectivity index is 2.08. The molecule has 0 aromatic heterocycles. The number of nitrogens with one attached hydrogen (secondary N) is 2. The van der Waals surface area contributed by atoms with Crippen LogP contribution in [0.2, 0.25) is 0 Å². The third-order valence-corrected chi connectivity index (χ3v) is 3.20. The molecule has 1 aromatic rings. The van der Waals surface area contributed by atoms with Gasteiger partial charge in [0, 0.05) is 18.8 Å². The molecule has 1 atom stereocenters. The summed E-state index contributed by atoms with van der Waals surface area (Å²) >= 11 is 5.71. The Labute approximate surface area is 107 Å². The zero-order valence-electron chi connectivity index (χ0n) is 9.92. The van der Waals surface area contributed by atoms with Gasteiger partial charge in [0.25, 0.3) is 0 Å². The number of benzene rings is 1. The summed E-state index contributed by atoms with van der Waals surface area (Å²) in [5.41, 5.74) is 3.70. The number of carbonyl (C=O) groups is 1. The van der Waals surface area contributed by atoms with Crippen LogP contribution >= 0.6 is 11.6 Å². The summed E-state index contributed by atoms with van der Waals surface area (Å²) in [5.74, 6) is -0.118. The first kappa shape index (κ1) is 12.2. The summed E-state index contributed by atoms with van der Waals surface area (Å²) in [5, 5.41) is 5.75. The fourth-order valence-corrected chi connectivity index (χ4v) is 2.15. The average Bonchev–Trinajstić information content (AvgIpc) is 2.35. The van der Waals surface area contributed by atoms with E-state index in [-0.39, 0.29) is 5.91 Å². The van der Waals surface area contributed by atoms with Crippen LogP contribution in [0.4, 0.5) is 5.69 Å². The van der Waals surface area contributed by atoms with E-state index >= 15 is 0 Å². The molecule has 0 radical (unpaired) electrons. The number of carbonyl (C=O) groups excluding carboxylic acids is 1. The minimum atomic E-state index is -0.479. The first-order chi connectivity index (χ1) is 8.18. The molecule has 3 nitrogen and oxygen atoms in total. The molecule has 0 saturated heterocycles. The van der Waals surface area contributed by atoms with Crippen molar-refractivity contribution >= 4 is 23.2 Å². The molecular formula is C13H17ClN2O. The molecule has 0 aliphatic carbocycles. The van der Waals surface area contributed by atoms with E-state index in [1.165, 1.54) is 16.8 Å². The van der Waals surface area contributed by atoms with E-state index in [4.69, 9.17) is 11.6 Å². The normalized spacial score (nSPS) is 15.6. The Morgan fingerprint density at radius 3 is 3.18 bits per heavy atom. The Kier molecular flexibility index (Phi) is 3.89. The Morgan fingerprint density at radius 2 is 2.41 bits per heavy atom. The summed E-state index contributed by atoms with van der Waals surface area (Å²) in [6.07, 6.45) is 2.22. The smallest absolute Gasteiger partial charge is 0.238 e. The number of halogens is 1. The lowest BCUT2D eigenvalue weighted by molar-refractivity contribution is -0.120. The molecule has 1 unspecified atom stereocenters. The van der Waals surface area contributed by atoms with Crippen LogP contribution in [0.3, 0.4) is 0 Å². The highest BCUT2D eigenvalue weighted by Gasteiger charge is 2.14. The molecule has 0 bridgehead atoms. The fourth-order valence-electron chi connectivity index (χ4n) is 2.07. The Bertz CT molecular complexity index is 418. The van der Waals surface area contributed by atoms with Crippen molar-refractivity contribution in [2.75, 3.05) is 11.9 Å². The molecule has 0 fully saturated rings. The van der Waals surface area contributed by atoms with Crippen molar-refractivity contribution in [3.8, 4) is 0 Å². The number of rotatable bonds is 3. The third kappa shape index (κ3) is 2.91. The summed E-state index contributed by atoms with van der Waals surface area (Å²) in [7, 11) is 0.